The van der Waals surface area contributed by atoms with Crippen molar-refractivity contribution in [1.29, 1.82) is 0 Å². The SMILES string of the molecule is COC1CCC([N+]2(C)C(=O)Nc3c2cnc2cc(F)c(-c4ccc(OCCCN(C)C)nc4)cc32)C1. The van der Waals surface area contributed by atoms with E-state index in [9.17, 15) is 4.79 Å². The fourth-order valence-electron chi connectivity index (χ4n) is 5.39. The number of hydrogen-bond donors (Lipinski definition) is 1. The molecule has 2 amide bonds. The number of fused-ring (bicyclic) bond motifs is 3. The van der Waals surface area contributed by atoms with Crippen LogP contribution in [0.5, 0.6) is 5.88 Å². The number of methoxy groups -OCH3 is 1. The first-order valence-electron chi connectivity index (χ1n) is 12.4. The number of rotatable bonds is 8. The molecule has 1 saturated carbocycles. The Kier molecular flexibility index (Phi) is 6.63. The van der Waals surface area contributed by atoms with Gasteiger partial charge in [-0.25, -0.2) is 23.6 Å². The summed E-state index contributed by atoms with van der Waals surface area (Å²) in [5, 5.41) is 3.79. The van der Waals surface area contributed by atoms with Gasteiger partial charge in [-0.1, -0.05) is 0 Å². The molecule has 0 radical (unpaired) electrons. The van der Waals surface area contributed by atoms with Crippen LogP contribution in [0.15, 0.2) is 36.7 Å². The van der Waals surface area contributed by atoms with Crippen LogP contribution in [0.3, 0.4) is 0 Å². The fourth-order valence-corrected chi connectivity index (χ4v) is 5.39. The second kappa shape index (κ2) is 9.72. The third-order valence-electron chi connectivity index (χ3n) is 7.56. The third kappa shape index (κ3) is 4.31. The first kappa shape index (κ1) is 24.5. The van der Waals surface area contributed by atoms with E-state index in [0.29, 0.717) is 40.2 Å². The molecule has 3 unspecified atom stereocenters. The summed E-state index contributed by atoms with van der Waals surface area (Å²) in [7, 11) is 7.69. The average Bonchev–Trinajstić information content (AvgIpc) is 3.45. The van der Waals surface area contributed by atoms with Gasteiger partial charge >= 0.3 is 6.03 Å². The van der Waals surface area contributed by atoms with E-state index < -0.39 is 5.82 Å². The van der Waals surface area contributed by atoms with Gasteiger partial charge in [0.1, 0.15) is 17.5 Å². The summed E-state index contributed by atoms with van der Waals surface area (Å²) in [6.07, 6.45) is 7.00. The van der Waals surface area contributed by atoms with Crippen LogP contribution in [0.2, 0.25) is 0 Å². The van der Waals surface area contributed by atoms with Gasteiger partial charge in [-0.15, -0.1) is 0 Å². The van der Waals surface area contributed by atoms with Crippen LogP contribution in [-0.2, 0) is 4.74 Å². The van der Waals surface area contributed by atoms with Crippen molar-refractivity contribution in [3.05, 3.63) is 42.5 Å². The van der Waals surface area contributed by atoms with Crippen LogP contribution >= 0.6 is 0 Å². The number of aromatic nitrogens is 2. The molecule has 3 atom stereocenters. The molecule has 1 aromatic carbocycles. The van der Waals surface area contributed by atoms with Crippen LogP contribution in [0.1, 0.15) is 25.7 Å². The summed E-state index contributed by atoms with van der Waals surface area (Å²) >= 11 is 0. The van der Waals surface area contributed by atoms with E-state index in [0.717, 1.165) is 37.9 Å². The lowest BCUT2D eigenvalue weighted by Gasteiger charge is -2.31. The summed E-state index contributed by atoms with van der Waals surface area (Å²) < 4.78 is 26.5. The molecule has 2 aromatic heterocycles. The minimum Gasteiger partial charge on any atom is -0.478 e. The number of hydrogen-bond acceptors (Lipinski definition) is 6. The lowest BCUT2D eigenvalue weighted by molar-refractivity contribution is 0.103. The maximum absolute atomic E-state index is 15.1. The Morgan fingerprint density at radius 2 is 2.03 bits per heavy atom. The van der Waals surface area contributed by atoms with Gasteiger partial charge < -0.3 is 14.4 Å². The summed E-state index contributed by atoms with van der Waals surface area (Å²) in [5.41, 5.74) is 3.04. The van der Waals surface area contributed by atoms with Crippen LogP contribution in [0, 0.1) is 5.82 Å². The lowest BCUT2D eigenvalue weighted by atomic mass is 10.0. The molecule has 3 heterocycles. The molecule has 5 rings (SSSR count). The molecule has 190 valence electrons. The highest BCUT2D eigenvalue weighted by atomic mass is 19.1. The van der Waals surface area contributed by atoms with E-state index in [-0.39, 0.29) is 22.7 Å². The van der Waals surface area contributed by atoms with E-state index >= 15 is 4.39 Å². The summed E-state index contributed by atoms with van der Waals surface area (Å²) in [4.78, 5) is 24.3. The van der Waals surface area contributed by atoms with Crippen molar-refractivity contribution in [3.63, 3.8) is 0 Å². The predicted molar refractivity (Wildman–Crippen MR) is 139 cm³/mol. The maximum Gasteiger partial charge on any atom is 0.426 e. The van der Waals surface area contributed by atoms with E-state index in [1.807, 2.05) is 21.1 Å². The molecule has 0 spiro atoms. The van der Waals surface area contributed by atoms with Gasteiger partial charge in [-0.05, 0) is 39.1 Å². The highest BCUT2D eigenvalue weighted by Crippen LogP contribution is 2.46. The molecular weight excluding hydrogens is 461 g/mol. The molecule has 8 nitrogen and oxygen atoms in total. The Hall–Kier alpha value is -3.14. The van der Waals surface area contributed by atoms with Crippen LogP contribution in [0.25, 0.3) is 22.0 Å². The van der Waals surface area contributed by atoms with Crippen molar-refractivity contribution in [2.45, 2.75) is 37.8 Å². The molecule has 1 fully saturated rings. The first-order chi connectivity index (χ1) is 17.3. The predicted octanol–water partition coefficient (Wildman–Crippen LogP) is 4.82. The average molecular weight is 495 g/mol. The highest BCUT2D eigenvalue weighted by molar-refractivity contribution is 6.15. The fraction of sp³-hybridized carbons (Fsp3) is 0.444. The van der Waals surface area contributed by atoms with Gasteiger partial charge in [0.15, 0.2) is 5.69 Å². The number of nitrogens with one attached hydrogen (secondary N) is 1. The lowest BCUT2D eigenvalue weighted by Crippen LogP contribution is -2.55. The van der Waals surface area contributed by atoms with Gasteiger partial charge in [0, 0.05) is 61.3 Å². The zero-order valence-corrected chi connectivity index (χ0v) is 21.3. The van der Waals surface area contributed by atoms with E-state index in [1.54, 1.807) is 37.7 Å². The Morgan fingerprint density at radius 3 is 2.72 bits per heavy atom. The van der Waals surface area contributed by atoms with Crippen LogP contribution in [0.4, 0.5) is 20.6 Å². The standard InChI is InChI=1S/C27H32FN5O3/c1-32(2)10-5-11-36-25-9-6-17(15-30-25)20-13-21-23(14-22(20)28)29-16-24-26(21)31-27(34)33(24,3)18-7-8-19(12-18)35-4/h6,9,13-16,18-19H,5,7-8,10-12H2,1-4H3/p+1. The van der Waals surface area contributed by atoms with Gasteiger partial charge in [0.05, 0.1) is 31.5 Å². The highest BCUT2D eigenvalue weighted by Gasteiger charge is 2.52. The molecule has 9 heteroatoms. The number of amides is 2. The van der Waals surface area contributed by atoms with Crippen molar-refractivity contribution in [2.24, 2.45) is 0 Å². The molecule has 2 aliphatic rings. The first-order valence-corrected chi connectivity index (χ1v) is 12.4. The van der Waals surface area contributed by atoms with Crippen molar-refractivity contribution < 1.29 is 18.7 Å². The number of quaternary nitrogens is 1. The summed E-state index contributed by atoms with van der Waals surface area (Å²) in [6, 6.07) is 6.74. The minimum atomic E-state index is -0.392. The molecular formula is C27H33FN5O3+. The van der Waals surface area contributed by atoms with Crippen molar-refractivity contribution >= 4 is 28.3 Å². The maximum atomic E-state index is 15.1. The number of carbonyl (C=O) groups excluding carboxylic acids is 1. The topological polar surface area (TPSA) is 76.6 Å². The van der Waals surface area contributed by atoms with Gasteiger partial charge in [0.2, 0.25) is 5.88 Å². The number of pyridine rings is 2. The second-order valence-corrected chi connectivity index (χ2v) is 10.1. The number of anilines is 1. The van der Waals surface area contributed by atoms with Gasteiger partial charge in [-0.3, -0.25) is 5.32 Å². The van der Waals surface area contributed by atoms with Crippen molar-refractivity contribution in [3.8, 4) is 17.0 Å². The van der Waals surface area contributed by atoms with Gasteiger partial charge in [-0.2, -0.15) is 0 Å². The normalized spacial score (nSPS) is 23.3. The summed E-state index contributed by atoms with van der Waals surface area (Å²) in [6.45, 7) is 1.50. The minimum absolute atomic E-state index is 0.0932. The third-order valence-corrected chi connectivity index (χ3v) is 7.56. The Labute approximate surface area is 210 Å². The molecule has 3 aromatic rings. The monoisotopic (exact) mass is 494 g/mol. The van der Waals surface area contributed by atoms with E-state index in [1.165, 1.54) is 6.07 Å². The quantitative estimate of drug-likeness (QED) is 0.358. The van der Waals surface area contributed by atoms with E-state index in [4.69, 9.17) is 9.47 Å². The molecule has 1 aliphatic carbocycles. The number of carbonyl (C=O) groups is 1. The molecule has 1 aliphatic heterocycles. The van der Waals surface area contributed by atoms with Gasteiger partial charge in [0.25, 0.3) is 0 Å². The van der Waals surface area contributed by atoms with Crippen molar-refractivity contribution in [1.82, 2.24) is 19.4 Å². The smallest absolute Gasteiger partial charge is 0.426 e. The Balaban J connectivity index is 1.45. The summed E-state index contributed by atoms with van der Waals surface area (Å²) in [5.74, 6) is 0.115. The second-order valence-electron chi connectivity index (χ2n) is 10.1. The molecule has 0 bridgehead atoms. The van der Waals surface area contributed by atoms with E-state index in [2.05, 4.69) is 20.2 Å². The number of nitrogens with zero attached hydrogens (tertiary/aromatic N) is 4. The zero-order valence-electron chi connectivity index (χ0n) is 21.3. The van der Waals surface area contributed by atoms with Crippen molar-refractivity contribution in [2.75, 3.05) is 46.7 Å². The molecule has 0 saturated heterocycles. The number of benzene rings is 1. The number of urea groups is 1. The number of halogens is 1. The Morgan fingerprint density at radius 1 is 1.19 bits per heavy atom. The largest absolute Gasteiger partial charge is 0.478 e. The number of ether oxygens (including phenoxy) is 2. The van der Waals surface area contributed by atoms with Crippen LogP contribution in [-0.4, -0.2) is 74.4 Å². The van der Waals surface area contributed by atoms with Crippen LogP contribution < -0.4 is 14.5 Å². The molecule has 1 N–H and O–H groups in total. The molecule has 36 heavy (non-hydrogen) atoms. The Bertz CT molecular complexity index is 1280. The zero-order chi connectivity index (χ0) is 25.4.